The van der Waals surface area contributed by atoms with Gasteiger partial charge < -0.3 is 26.2 Å². The van der Waals surface area contributed by atoms with E-state index in [1.165, 1.54) is 7.11 Å². The van der Waals surface area contributed by atoms with E-state index < -0.39 is 17.9 Å². The second-order valence-electron chi connectivity index (χ2n) is 6.62. The Labute approximate surface area is 169 Å². The number of aryl methyl sites for hydroxylation is 2. The zero-order chi connectivity index (χ0) is 21.6. The molecule has 0 fully saturated rings. The second-order valence-corrected chi connectivity index (χ2v) is 6.62. The summed E-state index contributed by atoms with van der Waals surface area (Å²) in [6.07, 6.45) is 0. The molecule has 29 heavy (non-hydrogen) atoms. The number of benzene rings is 2. The van der Waals surface area contributed by atoms with E-state index in [1.54, 1.807) is 50.2 Å². The van der Waals surface area contributed by atoms with Crippen molar-refractivity contribution < 1.29 is 24.2 Å². The van der Waals surface area contributed by atoms with E-state index in [-0.39, 0.29) is 24.7 Å². The van der Waals surface area contributed by atoms with Gasteiger partial charge in [0.15, 0.2) is 0 Å². The van der Waals surface area contributed by atoms with Crippen molar-refractivity contribution in [3.8, 4) is 5.75 Å². The second kappa shape index (κ2) is 9.70. The van der Waals surface area contributed by atoms with Gasteiger partial charge in [-0.2, -0.15) is 0 Å². The van der Waals surface area contributed by atoms with Gasteiger partial charge in [-0.1, -0.05) is 12.1 Å². The van der Waals surface area contributed by atoms with Gasteiger partial charge in [-0.25, -0.2) is 4.79 Å². The number of esters is 1. The van der Waals surface area contributed by atoms with Crippen molar-refractivity contribution in [3.63, 3.8) is 0 Å². The highest BCUT2D eigenvalue weighted by Gasteiger charge is 2.23. The van der Waals surface area contributed by atoms with Crippen LogP contribution in [0.2, 0.25) is 0 Å². The van der Waals surface area contributed by atoms with Crippen LogP contribution in [0.25, 0.3) is 0 Å². The maximum Gasteiger partial charge on any atom is 0.329 e. The number of aromatic hydroxyl groups is 1. The van der Waals surface area contributed by atoms with Gasteiger partial charge in [0.05, 0.1) is 7.11 Å². The highest BCUT2D eigenvalue weighted by molar-refractivity contribution is 6.01. The summed E-state index contributed by atoms with van der Waals surface area (Å²) in [5.41, 5.74) is 8.24. The Morgan fingerprint density at radius 3 is 2.31 bits per heavy atom. The summed E-state index contributed by atoms with van der Waals surface area (Å²) in [6, 6.07) is 8.87. The first-order chi connectivity index (χ1) is 13.8. The van der Waals surface area contributed by atoms with Crippen LogP contribution in [0.3, 0.4) is 0 Å². The van der Waals surface area contributed by atoms with E-state index in [4.69, 9.17) is 5.73 Å². The molecule has 2 amide bonds. The number of nitrogens with one attached hydrogen (secondary N) is 2. The van der Waals surface area contributed by atoms with E-state index in [0.29, 0.717) is 22.3 Å². The summed E-state index contributed by atoms with van der Waals surface area (Å²) in [6.45, 7) is 3.59. The Balaban J connectivity index is 2.14. The Bertz CT molecular complexity index is 903. The van der Waals surface area contributed by atoms with Gasteiger partial charge in [-0.05, 0) is 54.8 Å². The minimum absolute atomic E-state index is 0.0912. The molecule has 0 aromatic heterocycles. The minimum Gasteiger partial charge on any atom is -0.508 e. The molecule has 154 valence electrons. The quantitative estimate of drug-likeness (QED) is 0.517. The third kappa shape index (κ3) is 5.55. The van der Waals surface area contributed by atoms with Crippen LogP contribution in [0.4, 0.5) is 0 Å². The van der Waals surface area contributed by atoms with E-state index in [0.717, 1.165) is 5.56 Å². The molecule has 0 heterocycles. The lowest BCUT2D eigenvalue weighted by Gasteiger charge is -2.17. The molecule has 8 heteroatoms. The molecule has 1 atom stereocenters. The number of amides is 2. The number of phenols is 1. The van der Waals surface area contributed by atoms with Crippen LogP contribution in [0.5, 0.6) is 5.75 Å². The molecule has 2 aromatic rings. The summed E-state index contributed by atoms with van der Waals surface area (Å²) in [5, 5.41) is 14.8. The van der Waals surface area contributed by atoms with Crippen LogP contribution in [-0.4, -0.2) is 42.6 Å². The molecular weight excluding hydrogens is 374 g/mol. The smallest absolute Gasteiger partial charge is 0.329 e. The molecule has 2 rings (SSSR count). The van der Waals surface area contributed by atoms with Crippen molar-refractivity contribution in [2.45, 2.75) is 26.4 Å². The maximum atomic E-state index is 12.6. The van der Waals surface area contributed by atoms with Crippen LogP contribution < -0.4 is 16.4 Å². The van der Waals surface area contributed by atoms with Gasteiger partial charge >= 0.3 is 5.97 Å². The van der Waals surface area contributed by atoms with Crippen LogP contribution in [-0.2, 0) is 16.1 Å². The van der Waals surface area contributed by atoms with Crippen LogP contribution in [0.1, 0.15) is 37.4 Å². The van der Waals surface area contributed by atoms with Gasteiger partial charge in [0, 0.05) is 24.2 Å². The highest BCUT2D eigenvalue weighted by atomic mass is 16.5. The first-order valence-electron chi connectivity index (χ1n) is 9.03. The lowest BCUT2D eigenvalue weighted by atomic mass is 9.98. The lowest BCUT2D eigenvalue weighted by molar-refractivity contribution is -0.142. The van der Waals surface area contributed by atoms with Crippen LogP contribution in [0.15, 0.2) is 36.4 Å². The first kappa shape index (κ1) is 21.9. The monoisotopic (exact) mass is 399 g/mol. The van der Waals surface area contributed by atoms with E-state index in [1.807, 2.05) is 0 Å². The number of rotatable bonds is 7. The van der Waals surface area contributed by atoms with Gasteiger partial charge in [-0.3, -0.25) is 9.59 Å². The zero-order valence-electron chi connectivity index (χ0n) is 16.6. The van der Waals surface area contributed by atoms with Crippen molar-refractivity contribution in [1.82, 2.24) is 10.6 Å². The fraction of sp³-hybridized carbons (Fsp3) is 0.286. The molecule has 0 spiro atoms. The van der Waals surface area contributed by atoms with Gasteiger partial charge in [-0.15, -0.1) is 0 Å². The van der Waals surface area contributed by atoms with Crippen molar-refractivity contribution in [2.24, 2.45) is 5.73 Å². The third-order valence-electron chi connectivity index (χ3n) is 4.41. The summed E-state index contributed by atoms with van der Waals surface area (Å²) >= 11 is 0. The molecule has 1 unspecified atom stereocenters. The largest absolute Gasteiger partial charge is 0.508 e. The predicted molar refractivity (Wildman–Crippen MR) is 108 cm³/mol. The first-order valence-corrected chi connectivity index (χ1v) is 9.03. The Hall–Kier alpha value is -3.39. The van der Waals surface area contributed by atoms with Gasteiger partial charge in [0.25, 0.3) is 11.8 Å². The normalized spacial score (nSPS) is 11.4. The Morgan fingerprint density at radius 1 is 1.10 bits per heavy atom. The molecule has 0 aliphatic rings. The zero-order valence-corrected chi connectivity index (χ0v) is 16.6. The van der Waals surface area contributed by atoms with Crippen molar-refractivity contribution in [3.05, 3.63) is 64.2 Å². The van der Waals surface area contributed by atoms with Gasteiger partial charge in [0.1, 0.15) is 11.8 Å². The number of ether oxygens (including phenoxy) is 1. The lowest BCUT2D eigenvalue weighted by Crippen LogP contribution is -2.46. The number of methoxy groups -OCH3 is 1. The van der Waals surface area contributed by atoms with Crippen LogP contribution >= 0.6 is 0 Å². The molecular formula is C21H25N3O5. The number of phenolic OH excluding ortho intramolecular Hbond substituents is 1. The average Bonchev–Trinajstić information content (AvgIpc) is 2.69. The van der Waals surface area contributed by atoms with Gasteiger partial charge in [0.2, 0.25) is 0 Å². The molecule has 5 N–H and O–H groups in total. The average molecular weight is 399 g/mol. The molecule has 2 aromatic carbocycles. The predicted octanol–water partition coefficient (Wildman–Crippen LogP) is 1.17. The SMILES string of the molecule is COC(=O)C(CN)NC(=O)c1c(C)cc(C(=O)NCc2cccc(O)c2)cc1C. The number of hydrogen-bond donors (Lipinski definition) is 4. The topological polar surface area (TPSA) is 131 Å². The summed E-state index contributed by atoms with van der Waals surface area (Å²) in [7, 11) is 1.22. The third-order valence-corrected chi connectivity index (χ3v) is 4.41. The number of nitrogens with two attached hydrogens (primary N) is 1. The van der Waals surface area contributed by atoms with Crippen molar-refractivity contribution in [1.29, 1.82) is 0 Å². The molecule has 0 saturated carbocycles. The minimum atomic E-state index is -0.948. The summed E-state index contributed by atoms with van der Waals surface area (Å²) < 4.78 is 4.62. The molecule has 0 saturated heterocycles. The fourth-order valence-electron chi connectivity index (χ4n) is 2.99. The van der Waals surface area contributed by atoms with E-state index >= 15 is 0 Å². The van der Waals surface area contributed by atoms with E-state index in [9.17, 15) is 19.5 Å². The summed E-state index contributed by atoms with van der Waals surface area (Å²) in [4.78, 5) is 36.7. The molecule has 0 aliphatic heterocycles. The van der Waals surface area contributed by atoms with Crippen molar-refractivity contribution >= 4 is 17.8 Å². The van der Waals surface area contributed by atoms with E-state index in [2.05, 4.69) is 15.4 Å². The Kier molecular flexibility index (Phi) is 7.33. The number of hydrogen-bond acceptors (Lipinski definition) is 6. The number of carbonyl (C=O) groups is 3. The molecule has 0 aliphatic carbocycles. The van der Waals surface area contributed by atoms with Crippen LogP contribution in [0, 0.1) is 13.8 Å². The summed E-state index contributed by atoms with van der Waals surface area (Å²) in [5.74, 6) is -1.27. The molecule has 8 nitrogen and oxygen atoms in total. The van der Waals surface area contributed by atoms with Crippen molar-refractivity contribution in [2.75, 3.05) is 13.7 Å². The molecule has 0 bridgehead atoms. The fourth-order valence-corrected chi connectivity index (χ4v) is 2.99. The standard InChI is InChI=1S/C21H25N3O5/c1-12-7-15(19(26)23-11-14-5-4-6-16(25)9-14)8-13(2)18(12)20(27)24-17(10-22)21(28)29-3/h4-9,17,25H,10-11,22H2,1-3H3,(H,23,26)(H,24,27). The molecule has 0 radical (unpaired) electrons. The maximum absolute atomic E-state index is 12.6. The Morgan fingerprint density at radius 2 is 1.76 bits per heavy atom. The number of carbonyl (C=O) groups excluding carboxylic acids is 3. The highest BCUT2D eigenvalue weighted by Crippen LogP contribution is 2.18.